The van der Waals surface area contributed by atoms with Gasteiger partial charge in [-0.3, -0.25) is 4.79 Å². The number of carboxylic acid groups (broad SMARTS) is 1. The first-order valence-corrected chi connectivity index (χ1v) is 6.57. The van der Waals surface area contributed by atoms with E-state index in [0.717, 1.165) is 43.4 Å². The second-order valence-corrected chi connectivity index (χ2v) is 4.83. The van der Waals surface area contributed by atoms with Gasteiger partial charge in [-0.2, -0.15) is 0 Å². The average molecular weight is 277 g/mol. The van der Waals surface area contributed by atoms with E-state index in [0.29, 0.717) is 0 Å². The van der Waals surface area contributed by atoms with Crippen LogP contribution in [0.5, 0.6) is 0 Å². The largest absolute Gasteiger partial charge is 0.478 e. The number of allylic oxidation sites excluding steroid dienone is 1. The number of aromatic carboxylic acids is 1. The first kappa shape index (κ1) is 14.2. The number of anilines is 1. The van der Waals surface area contributed by atoms with Crippen molar-refractivity contribution in [1.82, 2.24) is 0 Å². The van der Waals surface area contributed by atoms with Gasteiger partial charge in [0.05, 0.1) is 11.3 Å². The molecule has 0 radical (unpaired) electrons. The molecule has 0 atom stereocenters. The van der Waals surface area contributed by atoms with Gasteiger partial charge in [0.25, 0.3) is 0 Å². The summed E-state index contributed by atoms with van der Waals surface area (Å²) in [6.07, 6.45) is 6.44. The summed E-state index contributed by atoms with van der Waals surface area (Å²) in [5, 5.41) is 11.5. The molecule has 5 heteroatoms. The van der Waals surface area contributed by atoms with Crippen LogP contribution in [-0.4, -0.2) is 17.0 Å². The third-order valence-corrected chi connectivity index (χ3v) is 3.26. The predicted molar refractivity (Wildman–Crippen MR) is 73.2 cm³/mol. The Morgan fingerprint density at radius 1 is 1.30 bits per heavy atom. The Kier molecular flexibility index (Phi) is 4.50. The molecule has 0 spiro atoms. The molecule has 1 aromatic rings. The van der Waals surface area contributed by atoms with Gasteiger partial charge in [-0.1, -0.05) is 11.6 Å². The molecule has 0 unspecified atom stereocenters. The van der Waals surface area contributed by atoms with Crippen molar-refractivity contribution < 1.29 is 19.1 Å². The summed E-state index contributed by atoms with van der Waals surface area (Å²) in [4.78, 5) is 22.9. The molecule has 0 bridgehead atoms. The van der Waals surface area contributed by atoms with E-state index in [4.69, 9.17) is 5.11 Å². The molecule has 1 aliphatic rings. The van der Waals surface area contributed by atoms with Gasteiger partial charge >= 0.3 is 5.97 Å². The zero-order chi connectivity index (χ0) is 14.5. The van der Waals surface area contributed by atoms with Gasteiger partial charge in [0.1, 0.15) is 5.82 Å². The fraction of sp³-hybridized carbons (Fsp3) is 0.333. The minimum Gasteiger partial charge on any atom is -0.478 e. The number of rotatable bonds is 4. The minimum absolute atomic E-state index is 0.125. The monoisotopic (exact) mass is 277 g/mol. The van der Waals surface area contributed by atoms with E-state index >= 15 is 0 Å². The summed E-state index contributed by atoms with van der Waals surface area (Å²) in [7, 11) is 0. The fourth-order valence-electron chi connectivity index (χ4n) is 2.27. The number of carboxylic acids is 1. The Morgan fingerprint density at radius 2 is 2.10 bits per heavy atom. The lowest BCUT2D eigenvalue weighted by atomic mass is 9.97. The van der Waals surface area contributed by atoms with Crippen molar-refractivity contribution in [3.8, 4) is 0 Å². The normalized spacial score (nSPS) is 14.6. The number of nitrogens with one attached hydrogen (secondary N) is 1. The molecule has 0 saturated carbocycles. The molecule has 0 heterocycles. The third-order valence-electron chi connectivity index (χ3n) is 3.26. The van der Waals surface area contributed by atoms with Crippen LogP contribution in [0, 0.1) is 5.82 Å². The number of halogens is 1. The summed E-state index contributed by atoms with van der Waals surface area (Å²) in [6, 6.07) is 3.30. The highest BCUT2D eigenvalue weighted by atomic mass is 19.1. The highest BCUT2D eigenvalue weighted by molar-refractivity contribution is 6.01. The van der Waals surface area contributed by atoms with Gasteiger partial charge in [0.2, 0.25) is 5.91 Å². The quantitative estimate of drug-likeness (QED) is 0.829. The SMILES string of the molecule is O=C(CC1=CCCCC1)Nc1ccc(F)cc1C(=O)O. The van der Waals surface area contributed by atoms with Gasteiger partial charge < -0.3 is 10.4 Å². The first-order valence-electron chi connectivity index (χ1n) is 6.57. The zero-order valence-corrected chi connectivity index (χ0v) is 11.0. The number of amides is 1. The van der Waals surface area contributed by atoms with E-state index in [1.54, 1.807) is 0 Å². The number of carbonyl (C=O) groups excluding carboxylic acids is 1. The molecule has 1 aliphatic carbocycles. The van der Waals surface area contributed by atoms with Crippen molar-refractivity contribution in [2.45, 2.75) is 32.1 Å². The number of hydrogen-bond acceptors (Lipinski definition) is 2. The standard InChI is InChI=1S/C15H16FNO3/c16-11-6-7-13(12(9-11)15(19)20)17-14(18)8-10-4-2-1-3-5-10/h4,6-7,9H,1-3,5,8H2,(H,17,18)(H,19,20). The maximum absolute atomic E-state index is 13.0. The second kappa shape index (κ2) is 6.32. The lowest BCUT2D eigenvalue weighted by Crippen LogP contribution is -2.15. The molecular formula is C15H16FNO3. The molecule has 106 valence electrons. The van der Waals surface area contributed by atoms with Gasteiger partial charge in [-0.25, -0.2) is 9.18 Å². The summed E-state index contributed by atoms with van der Waals surface area (Å²) in [5.41, 5.74) is 0.962. The Labute approximate surface area is 116 Å². The average Bonchev–Trinajstić information content (AvgIpc) is 2.41. The molecule has 4 nitrogen and oxygen atoms in total. The number of carbonyl (C=O) groups is 2. The van der Waals surface area contributed by atoms with Crippen LogP contribution in [0.15, 0.2) is 29.8 Å². The zero-order valence-electron chi connectivity index (χ0n) is 11.0. The predicted octanol–water partition coefficient (Wildman–Crippen LogP) is 3.35. The molecule has 20 heavy (non-hydrogen) atoms. The second-order valence-electron chi connectivity index (χ2n) is 4.83. The number of hydrogen-bond donors (Lipinski definition) is 2. The van der Waals surface area contributed by atoms with Crippen LogP contribution < -0.4 is 5.32 Å². The molecule has 1 amide bonds. The van der Waals surface area contributed by atoms with E-state index in [-0.39, 0.29) is 23.6 Å². The van der Waals surface area contributed by atoms with Gasteiger partial charge in [0.15, 0.2) is 0 Å². The molecule has 2 N–H and O–H groups in total. The summed E-state index contributed by atoms with van der Waals surface area (Å²) < 4.78 is 13.0. The van der Waals surface area contributed by atoms with E-state index in [1.165, 1.54) is 6.07 Å². The van der Waals surface area contributed by atoms with E-state index in [1.807, 2.05) is 0 Å². The van der Waals surface area contributed by atoms with Crippen LogP contribution in [0.4, 0.5) is 10.1 Å². The van der Waals surface area contributed by atoms with Crippen LogP contribution >= 0.6 is 0 Å². The smallest absolute Gasteiger partial charge is 0.337 e. The van der Waals surface area contributed by atoms with E-state index in [2.05, 4.69) is 11.4 Å². The van der Waals surface area contributed by atoms with Crippen molar-refractivity contribution in [2.24, 2.45) is 0 Å². The lowest BCUT2D eigenvalue weighted by Gasteiger charge is -2.13. The summed E-state index contributed by atoms with van der Waals surface area (Å²) in [5.74, 6) is -2.18. The maximum atomic E-state index is 13.0. The molecule has 2 rings (SSSR count). The Morgan fingerprint density at radius 3 is 2.75 bits per heavy atom. The van der Waals surface area contributed by atoms with Gasteiger partial charge in [-0.05, 0) is 43.9 Å². The molecule has 0 aliphatic heterocycles. The van der Waals surface area contributed by atoms with Crippen molar-refractivity contribution in [2.75, 3.05) is 5.32 Å². The van der Waals surface area contributed by atoms with E-state index in [9.17, 15) is 14.0 Å². The lowest BCUT2D eigenvalue weighted by molar-refractivity contribution is -0.115. The van der Waals surface area contributed by atoms with Gasteiger partial charge in [-0.15, -0.1) is 0 Å². The van der Waals surface area contributed by atoms with Crippen LogP contribution in [0.1, 0.15) is 42.5 Å². The van der Waals surface area contributed by atoms with Crippen molar-refractivity contribution in [3.63, 3.8) is 0 Å². The third kappa shape index (κ3) is 3.66. The molecule has 0 fully saturated rings. The van der Waals surface area contributed by atoms with Crippen molar-refractivity contribution in [3.05, 3.63) is 41.2 Å². The van der Waals surface area contributed by atoms with E-state index < -0.39 is 11.8 Å². The molecule has 1 aromatic carbocycles. The Hall–Kier alpha value is -2.17. The minimum atomic E-state index is -1.27. The highest BCUT2D eigenvalue weighted by Gasteiger charge is 2.15. The topological polar surface area (TPSA) is 66.4 Å². The van der Waals surface area contributed by atoms with Crippen LogP contribution in [0.25, 0.3) is 0 Å². The fourth-order valence-corrected chi connectivity index (χ4v) is 2.27. The van der Waals surface area contributed by atoms with Gasteiger partial charge in [0, 0.05) is 6.42 Å². The van der Waals surface area contributed by atoms with Crippen LogP contribution in [0.3, 0.4) is 0 Å². The maximum Gasteiger partial charge on any atom is 0.337 e. The first-order chi connectivity index (χ1) is 9.56. The Bertz CT molecular complexity index is 566. The van der Waals surface area contributed by atoms with Crippen molar-refractivity contribution in [1.29, 1.82) is 0 Å². The number of benzene rings is 1. The van der Waals surface area contributed by atoms with Crippen LogP contribution in [-0.2, 0) is 4.79 Å². The molecule has 0 aromatic heterocycles. The summed E-state index contributed by atoms with van der Waals surface area (Å²) in [6.45, 7) is 0. The summed E-state index contributed by atoms with van der Waals surface area (Å²) >= 11 is 0. The molecular weight excluding hydrogens is 261 g/mol. The Balaban J connectivity index is 2.07. The van der Waals surface area contributed by atoms with Crippen LogP contribution in [0.2, 0.25) is 0 Å². The van der Waals surface area contributed by atoms with Crippen molar-refractivity contribution >= 4 is 17.6 Å². The molecule has 0 saturated heterocycles. The highest BCUT2D eigenvalue weighted by Crippen LogP contribution is 2.22.